The summed E-state index contributed by atoms with van der Waals surface area (Å²) in [4.78, 5) is 15.7. The number of H-pyrrole nitrogens is 1. The van der Waals surface area contributed by atoms with E-state index in [-0.39, 0.29) is 11.8 Å². The third kappa shape index (κ3) is 4.30. The summed E-state index contributed by atoms with van der Waals surface area (Å²) < 4.78 is 10.8. The van der Waals surface area contributed by atoms with E-state index >= 15 is 0 Å². The first-order valence-corrected chi connectivity index (χ1v) is 9.35. The Hall–Kier alpha value is -2.21. The maximum Gasteiger partial charge on any atom is 0.223 e. The number of carbonyl (C=O) groups is 1. The van der Waals surface area contributed by atoms with Crippen molar-refractivity contribution in [3.05, 3.63) is 23.9 Å². The van der Waals surface area contributed by atoms with E-state index in [0.29, 0.717) is 12.6 Å². The number of aromatic amines is 1. The second kappa shape index (κ2) is 8.45. The predicted molar refractivity (Wildman–Crippen MR) is 103 cm³/mol. The van der Waals surface area contributed by atoms with E-state index in [1.165, 1.54) is 0 Å². The van der Waals surface area contributed by atoms with Crippen molar-refractivity contribution < 1.29 is 14.3 Å². The molecular formula is C20H29N3O3. The van der Waals surface area contributed by atoms with Crippen molar-refractivity contribution in [1.29, 1.82) is 0 Å². The van der Waals surface area contributed by atoms with Crippen LogP contribution in [0.3, 0.4) is 0 Å². The summed E-state index contributed by atoms with van der Waals surface area (Å²) in [6.07, 6.45) is 3.64. The molecule has 2 atom stereocenters. The topological polar surface area (TPSA) is 75.4 Å². The van der Waals surface area contributed by atoms with Crippen LogP contribution in [0.4, 0.5) is 0 Å². The van der Waals surface area contributed by atoms with Crippen LogP contribution in [0.1, 0.15) is 31.9 Å². The fourth-order valence-electron chi connectivity index (χ4n) is 3.66. The molecule has 0 saturated carbocycles. The van der Waals surface area contributed by atoms with Crippen LogP contribution < -0.4 is 20.1 Å². The van der Waals surface area contributed by atoms with Crippen molar-refractivity contribution in [2.24, 2.45) is 5.92 Å². The molecule has 3 rings (SSSR count). The number of hydrogen-bond donors (Lipinski definition) is 3. The lowest BCUT2D eigenvalue weighted by atomic mass is 9.92. The monoisotopic (exact) mass is 359 g/mol. The average Bonchev–Trinajstić information content (AvgIpc) is 3.06. The molecule has 1 aromatic carbocycles. The smallest absolute Gasteiger partial charge is 0.223 e. The fraction of sp³-hybridized carbons (Fsp3) is 0.550. The molecule has 0 unspecified atom stereocenters. The van der Waals surface area contributed by atoms with Gasteiger partial charge in [0.25, 0.3) is 0 Å². The van der Waals surface area contributed by atoms with Crippen LogP contribution in [0.25, 0.3) is 10.9 Å². The van der Waals surface area contributed by atoms with Gasteiger partial charge >= 0.3 is 0 Å². The number of nitrogens with one attached hydrogen (secondary N) is 3. The Bertz CT molecular complexity index is 756. The summed E-state index contributed by atoms with van der Waals surface area (Å²) in [5.74, 6) is 1.92. The van der Waals surface area contributed by atoms with Crippen LogP contribution in [-0.2, 0) is 11.2 Å². The van der Waals surface area contributed by atoms with Gasteiger partial charge in [-0.1, -0.05) is 0 Å². The van der Waals surface area contributed by atoms with Crippen LogP contribution >= 0.6 is 0 Å². The molecule has 1 fully saturated rings. The van der Waals surface area contributed by atoms with Crippen molar-refractivity contribution in [2.75, 3.05) is 27.3 Å². The number of rotatable bonds is 7. The maximum absolute atomic E-state index is 12.3. The van der Waals surface area contributed by atoms with E-state index in [1.54, 1.807) is 14.2 Å². The van der Waals surface area contributed by atoms with E-state index < -0.39 is 0 Å². The molecule has 1 saturated heterocycles. The average molecular weight is 359 g/mol. The Kier molecular flexibility index (Phi) is 6.04. The Morgan fingerprint density at radius 2 is 2.12 bits per heavy atom. The predicted octanol–water partition coefficient (Wildman–Crippen LogP) is 2.62. The minimum atomic E-state index is 0.149. The number of fused-ring (bicyclic) bond motifs is 1. The van der Waals surface area contributed by atoms with E-state index in [0.717, 1.165) is 60.3 Å². The maximum atomic E-state index is 12.3. The zero-order chi connectivity index (χ0) is 18.5. The highest BCUT2D eigenvalue weighted by Crippen LogP contribution is 2.31. The third-order valence-corrected chi connectivity index (χ3v) is 5.10. The summed E-state index contributed by atoms with van der Waals surface area (Å²) >= 11 is 0. The van der Waals surface area contributed by atoms with Crippen LogP contribution in [0.15, 0.2) is 18.2 Å². The minimum Gasteiger partial charge on any atom is -0.497 e. The Labute approximate surface area is 154 Å². The SMILES string of the molecule is COc1cc(OC)c2cc(CCCNC(=O)[C@H]3CCN[C@@H](C)C3)[nH]c2c1. The quantitative estimate of drug-likeness (QED) is 0.664. The van der Waals surface area contributed by atoms with Crippen LogP contribution in [0.2, 0.25) is 0 Å². The minimum absolute atomic E-state index is 0.149. The Morgan fingerprint density at radius 3 is 2.85 bits per heavy atom. The molecule has 0 aliphatic carbocycles. The van der Waals surface area contributed by atoms with E-state index in [2.05, 4.69) is 28.6 Å². The largest absolute Gasteiger partial charge is 0.497 e. The van der Waals surface area contributed by atoms with Crippen molar-refractivity contribution in [3.8, 4) is 11.5 Å². The second-order valence-corrected chi connectivity index (χ2v) is 7.06. The van der Waals surface area contributed by atoms with Gasteiger partial charge in [-0.3, -0.25) is 4.79 Å². The fourth-order valence-corrected chi connectivity index (χ4v) is 3.66. The van der Waals surface area contributed by atoms with Gasteiger partial charge in [0.05, 0.1) is 19.7 Å². The third-order valence-electron chi connectivity index (χ3n) is 5.10. The van der Waals surface area contributed by atoms with Gasteiger partial charge in [0.1, 0.15) is 11.5 Å². The lowest BCUT2D eigenvalue weighted by Crippen LogP contribution is -2.42. The first-order chi connectivity index (χ1) is 12.6. The molecule has 1 aliphatic rings. The number of aromatic nitrogens is 1. The molecule has 1 amide bonds. The zero-order valence-corrected chi connectivity index (χ0v) is 15.9. The Morgan fingerprint density at radius 1 is 1.27 bits per heavy atom. The standard InChI is InChI=1S/C20H29N3O3/c1-13-9-14(6-8-21-13)20(24)22-7-4-5-15-10-17-18(23-15)11-16(25-2)12-19(17)26-3/h10-14,21,23H,4-9H2,1-3H3,(H,22,24)/t13-,14-/m0/s1. The van der Waals surface area contributed by atoms with Gasteiger partial charge in [-0.25, -0.2) is 0 Å². The lowest BCUT2D eigenvalue weighted by molar-refractivity contribution is -0.126. The number of methoxy groups -OCH3 is 2. The van der Waals surface area contributed by atoms with Gasteiger partial charge in [-0.05, 0) is 45.2 Å². The summed E-state index contributed by atoms with van der Waals surface area (Å²) in [5, 5.41) is 7.53. The van der Waals surface area contributed by atoms with Crippen LogP contribution in [-0.4, -0.2) is 44.2 Å². The van der Waals surface area contributed by atoms with Gasteiger partial charge in [-0.2, -0.15) is 0 Å². The first-order valence-electron chi connectivity index (χ1n) is 9.35. The molecule has 2 aromatic rings. The molecule has 1 aromatic heterocycles. The molecule has 6 nitrogen and oxygen atoms in total. The zero-order valence-electron chi connectivity index (χ0n) is 15.9. The van der Waals surface area contributed by atoms with Gasteiger partial charge in [0.15, 0.2) is 0 Å². The van der Waals surface area contributed by atoms with Gasteiger partial charge in [0.2, 0.25) is 5.91 Å². The molecule has 0 spiro atoms. The molecule has 3 N–H and O–H groups in total. The molecule has 6 heteroatoms. The second-order valence-electron chi connectivity index (χ2n) is 7.06. The highest BCUT2D eigenvalue weighted by atomic mass is 16.5. The van der Waals surface area contributed by atoms with Crippen molar-refractivity contribution in [1.82, 2.24) is 15.6 Å². The Balaban J connectivity index is 1.52. The molecule has 1 aliphatic heterocycles. The summed E-state index contributed by atoms with van der Waals surface area (Å²) in [6, 6.07) is 6.41. The van der Waals surface area contributed by atoms with Crippen molar-refractivity contribution >= 4 is 16.8 Å². The van der Waals surface area contributed by atoms with Crippen molar-refractivity contribution in [3.63, 3.8) is 0 Å². The first kappa shape index (κ1) is 18.6. The normalized spacial score (nSPS) is 20.1. The summed E-state index contributed by atoms with van der Waals surface area (Å²) in [5.41, 5.74) is 2.14. The summed E-state index contributed by atoms with van der Waals surface area (Å²) in [6.45, 7) is 3.77. The van der Waals surface area contributed by atoms with E-state index in [9.17, 15) is 4.79 Å². The lowest BCUT2D eigenvalue weighted by Gasteiger charge is -2.27. The van der Waals surface area contributed by atoms with Crippen molar-refractivity contribution in [2.45, 2.75) is 38.6 Å². The highest BCUT2D eigenvalue weighted by molar-refractivity contribution is 5.88. The number of amides is 1. The number of ether oxygens (including phenoxy) is 2. The molecule has 0 radical (unpaired) electrons. The molecule has 2 heterocycles. The van der Waals surface area contributed by atoms with Gasteiger partial charge in [-0.15, -0.1) is 0 Å². The van der Waals surface area contributed by atoms with Gasteiger partial charge in [0, 0.05) is 41.7 Å². The number of piperidine rings is 1. The van der Waals surface area contributed by atoms with Gasteiger partial charge < -0.3 is 25.1 Å². The molecule has 0 bridgehead atoms. The number of hydrogen-bond acceptors (Lipinski definition) is 4. The number of aryl methyl sites for hydroxylation is 1. The molecule has 142 valence electrons. The van der Waals surface area contributed by atoms with Crippen LogP contribution in [0.5, 0.6) is 11.5 Å². The summed E-state index contributed by atoms with van der Waals surface area (Å²) in [7, 11) is 3.31. The van der Waals surface area contributed by atoms with E-state index in [4.69, 9.17) is 9.47 Å². The number of benzene rings is 1. The van der Waals surface area contributed by atoms with Crippen LogP contribution in [0, 0.1) is 5.92 Å². The molecule has 26 heavy (non-hydrogen) atoms. The molecular weight excluding hydrogens is 330 g/mol. The number of carbonyl (C=O) groups excluding carboxylic acids is 1. The highest BCUT2D eigenvalue weighted by Gasteiger charge is 2.24. The van der Waals surface area contributed by atoms with E-state index in [1.807, 2.05) is 12.1 Å².